The molecule has 0 aliphatic carbocycles. The summed E-state index contributed by atoms with van der Waals surface area (Å²) in [6.45, 7) is 0.239. The van der Waals surface area contributed by atoms with Gasteiger partial charge < -0.3 is 11.1 Å². The van der Waals surface area contributed by atoms with E-state index in [4.69, 9.17) is 5.73 Å². The van der Waals surface area contributed by atoms with Gasteiger partial charge in [-0.25, -0.2) is 4.98 Å². The van der Waals surface area contributed by atoms with E-state index in [2.05, 4.69) is 10.3 Å². The maximum Gasteiger partial charge on any atom is 0.416 e. The molecule has 0 radical (unpaired) electrons. The highest BCUT2D eigenvalue weighted by molar-refractivity contribution is 7.98. The molecule has 0 fully saturated rings. The van der Waals surface area contributed by atoms with Gasteiger partial charge in [0.2, 0.25) is 5.91 Å². The number of carbonyl (C=O) groups excluding carboxylic acids is 1. The van der Waals surface area contributed by atoms with E-state index in [0.717, 1.165) is 17.9 Å². The van der Waals surface area contributed by atoms with E-state index in [9.17, 15) is 18.0 Å². The first kappa shape index (κ1) is 19.7. The molecule has 0 bridgehead atoms. The number of hydrogen-bond acceptors (Lipinski definition) is 5. The van der Waals surface area contributed by atoms with Crippen LogP contribution in [0.1, 0.15) is 17.7 Å². The molecule has 4 nitrogen and oxygen atoms in total. The number of rotatable bonds is 7. The van der Waals surface area contributed by atoms with Gasteiger partial charge in [-0.2, -0.15) is 24.9 Å². The monoisotopic (exact) mass is 389 g/mol. The van der Waals surface area contributed by atoms with Crippen molar-refractivity contribution in [1.82, 2.24) is 10.3 Å². The summed E-state index contributed by atoms with van der Waals surface area (Å²) in [4.78, 5) is 16.2. The Kier molecular flexibility index (Phi) is 6.86. The van der Waals surface area contributed by atoms with E-state index in [0.29, 0.717) is 22.7 Å². The third-order valence-electron chi connectivity index (χ3n) is 3.42. The molecule has 0 saturated heterocycles. The molecule has 2 aromatic rings. The van der Waals surface area contributed by atoms with E-state index in [1.165, 1.54) is 23.5 Å². The second kappa shape index (κ2) is 8.68. The van der Waals surface area contributed by atoms with Crippen molar-refractivity contribution in [2.45, 2.75) is 25.2 Å². The minimum Gasteiger partial charge on any atom is -0.349 e. The van der Waals surface area contributed by atoms with Gasteiger partial charge in [0.1, 0.15) is 5.01 Å². The van der Waals surface area contributed by atoms with Gasteiger partial charge >= 0.3 is 6.18 Å². The standard InChI is InChI=1S/C16H18F3N3OS2/c1-24-7-6-13(20)14(23)21-8-12-9-25-15(22-12)10-2-4-11(5-3-10)16(17,18)19/h2-5,9,13H,6-8,20H2,1H3,(H,21,23)/t13-/m0/s1. The van der Waals surface area contributed by atoms with Crippen LogP contribution in [0.4, 0.5) is 13.2 Å². The summed E-state index contributed by atoms with van der Waals surface area (Å²) in [6.07, 6.45) is -1.81. The quantitative estimate of drug-likeness (QED) is 0.760. The molecule has 0 aliphatic heterocycles. The summed E-state index contributed by atoms with van der Waals surface area (Å²) in [6, 6.07) is 4.29. The SMILES string of the molecule is CSCC[C@H](N)C(=O)NCc1csc(-c2ccc(C(F)(F)F)cc2)n1. The lowest BCUT2D eigenvalue weighted by Gasteiger charge is -2.10. The Balaban J connectivity index is 1.95. The zero-order chi connectivity index (χ0) is 18.4. The first-order valence-electron chi connectivity index (χ1n) is 7.45. The van der Waals surface area contributed by atoms with Crippen LogP contribution in [0.5, 0.6) is 0 Å². The molecule has 9 heteroatoms. The van der Waals surface area contributed by atoms with Crippen LogP contribution in [0.25, 0.3) is 10.6 Å². The van der Waals surface area contributed by atoms with Crippen LogP contribution in [0, 0.1) is 0 Å². The van der Waals surface area contributed by atoms with Crippen molar-refractivity contribution in [2.24, 2.45) is 5.73 Å². The van der Waals surface area contributed by atoms with Crippen molar-refractivity contribution in [3.63, 3.8) is 0 Å². The Hall–Kier alpha value is -1.58. The number of nitrogens with one attached hydrogen (secondary N) is 1. The first-order valence-corrected chi connectivity index (χ1v) is 9.73. The molecule has 136 valence electrons. The number of aromatic nitrogens is 1. The molecule has 25 heavy (non-hydrogen) atoms. The maximum atomic E-state index is 12.6. The number of nitrogens with zero attached hydrogens (tertiary/aromatic N) is 1. The van der Waals surface area contributed by atoms with Crippen molar-refractivity contribution in [2.75, 3.05) is 12.0 Å². The number of hydrogen-bond donors (Lipinski definition) is 2. The lowest BCUT2D eigenvalue weighted by molar-refractivity contribution is -0.137. The van der Waals surface area contributed by atoms with Crippen molar-refractivity contribution >= 4 is 29.0 Å². The number of alkyl halides is 3. The predicted octanol–water partition coefficient (Wildman–Crippen LogP) is 3.53. The summed E-state index contributed by atoms with van der Waals surface area (Å²) in [5.41, 5.74) is 6.33. The van der Waals surface area contributed by atoms with Crippen molar-refractivity contribution < 1.29 is 18.0 Å². The van der Waals surface area contributed by atoms with Gasteiger partial charge in [-0.3, -0.25) is 4.79 Å². The van der Waals surface area contributed by atoms with Gasteiger partial charge in [-0.1, -0.05) is 12.1 Å². The summed E-state index contributed by atoms with van der Waals surface area (Å²) in [5, 5.41) is 5.09. The lowest BCUT2D eigenvalue weighted by atomic mass is 10.1. The Morgan fingerprint density at radius 2 is 2.04 bits per heavy atom. The third-order valence-corrected chi connectivity index (χ3v) is 5.01. The van der Waals surface area contributed by atoms with Crippen LogP contribution >= 0.6 is 23.1 Å². The van der Waals surface area contributed by atoms with Gasteiger partial charge in [-0.15, -0.1) is 11.3 Å². The number of thioether (sulfide) groups is 1. The largest absolute Gasteiger partial charge is 0.416 e. The molecule has 0 aliphatic rings. The highest BCUT2D eigenvalue weighted by Crippen LogP contribution is 2.31. The van der Waals surface area contributed by atoms with Crippen LogP contribution in [0.2, 0.25) is 0 Å². The number of halogens is 3. The van der Waals surface area contributed by atoms with E-state index in [1.807, 2.05) is 6.26 Å². The number of amides is 1. The highest BCUT2D eigenvalue weighted by atomic mass is 32.2. The fraction of sp³-hybridized carbons (Fsp3) is 0.375. The zero-order valence-corrected chi connectivity index (χ0v) is 15.1. The molecular weight excluding hydrogens is 371 g/mol. The van der Waals surface area contributed by atoms with E-state index in [1.54, 1.807) is 17.1 Å². The Bertz CT molecular complexity index is 701. The minimum atomic E-state index is -4.36. The fourth-order valence-electron chi connectivity index (χ4n) is 2.01. The molecule has 1 aromatic carbocycles. The van der Waals surface area contributed by atoms with Gasteiger partial charge in [0.05, 0.1) is 23.8 Å². The van der Waals surface area contributed by atoms with Crippen LogP contribution in [-0.4, -0.2) is 28.9 Å². The first-order chi connectivity index (χ1) is 11.8. The highest BCUT2D eigenvalue weighted by Gasteiger charge is 2.30. The fourth-order valence-corrected chi connectivity index (χ4v) is 3.32. The van der Waals surface area contributed by atoms with E-state index >= 15 is 0 Å². The summed E-state index contributed by atoms with van der Waals surface area (Å²) in [7, 11) is 0. The van der Waals surface area contributed by atoms with Crippen molar-refractivity contribution in [3.8, 4) is 10.6 Å². The molecule has 0 unspecified atom stereocenters. The van der Waals surface area contributed by atoms with Gasteiger partial charge in [0.25, 0.3) is 0 Å². The number of carbonyl (C=O) groups is 1. The van der Waals surface area contributed by atoms with E-state index in [-0.39, 0.29) is 12.5 Å². The van der Waals surface area contributed by atoms with Crippen LogP contribution in [0.15, 0.2) is 29.6 Å². The topological polar surface area (TPSA) is 68.0 Å². The van der Waals surface area contributed by atoms with E-state index < -0.39 is 17.8 Å². The smallest absolute Gasteiger partial charge is 0.349 e. The molecule has 1 amide bonds. The molecule has 0 saturated carbocycles. The van der Waals surface area contributed by atoms with Gasteiger partial charge in [-0.05, 0) is 30.6 Å². The lowest BCUT2D eigenvalue weighted by Crippen LogP contribution is -2.40. The zero-order valence-electron chi connectivity index (χ0n) is 13.5. The molecule has 1 atom stereocenters. The van der Waals surface area contributed by atoms with Crippen molar-refractivity contribution in [1.29, 1.82) is 0 Å². The Morgan fingerprint density at radius 3 is 2.64 bits per heavy atom. The second-order valence-electron chi connectivity index (χ2n) is 5.32. The second-order valence-corrected chi connectivity index (χ2v) is 7.17. The predicted molar refractivity (Wildman–Crippen MR) is 95.4 cm³/mol. The van der Waals surface area contributed by atoms with Crippen LogP contribution in [-0.2, 0) is 17.5 Å². The summed E-state index contributed by atoms with van der Waals surface area (Å²) in [5.74, 6) is 0.571. The molecule has 0 spiro atoms. The maximum absolute atomic E-state index is 12.6. The van der Waals surface area contributed by atoms with Crippen LogP contribution < -0.4 is 11.1 Å². The molecule has 2 rings (SSSR count). The third kappa shape index (κ3) is 5.72. The number of thiazole rings is 1. The molecule has 1 aromatic heterocycles. The number of nitrogens with two attached hydrogens (primary N) is 1. The number of benzene rings is 1. The van der Waals surface area contributed by atoms with Gasteiger partial charge in [0.15, 0.2) is 0 Å². The van der Waals surface area contributed by atoms with Crippen molar-refractivity contribution in [3.05, 3.63) is 40.9 Å². The molecular formula is C16H18F3N3OS2. The average Bonchev–Trinajstić information content (AvgIpc) is 3.05. The average molecular weight is 389 g/mol. The Labute approximate surface area is 152 Å². The normalized spacial score (nSPS) is 12.8. The minimum absolute atomic E-state index is 0.238. The summed E-state index contributed by atoms with van der Waals surface area (Å²) < 4.78 is 37.7. The van der Waals surface area contributed by atoms with Crippen LogP contribution in [0.3, 0.4) is 0 Å². The summed E-state index contributed by atoms with van der Waals surface area (Å²) >= 11 is 2.94. The molecule has 3 N–H and O–H groups in total. The molecule has 1 heterocycles. The van der Waals surface area contributed by atoms with Gasteiger partial charge in [0, 0.05) is 10.9 Å². The Morgan fingerprint density at radius 1 is 1.36 bits per heavy atom.